The van der Waals surface area contributed by atoms with Gasteiger partial charge in [0.15, 0.2) is 0 Å². The van der Waals surface area contributed by atoms with Crippen LogP contribution in [0, 0.1) is 12.8 Å². The standard InChI is InChI=1S/C39H32N2/c1-29-15-19-35(20-16-29)41(39-22-18-31-10-6-8-12-33(31)28-39)37-25-23-36(24-26-37)40(34-13-3-2-4-14-34)38-21-17-30-9-5-7-11-32(30)27-38/h2-27,33H,28H2,1H3. The number of benzene rings is 5. The first-order valence-electron chi connectivity index (χ1n) is 14.3. The Morgan fingerprint density at radius 3 is 1.90 bits per heavy atom. The fourth-order valence-corrected chi connectivity index (χ4v) is 5.88. The van der Waals surface area contributed by atoms with Gasteiger partial charge in [-0.25, -0.2) is 0 Å². The van der Waals surface area contributed by atoms with E-state index in [9.17, 15) is 0 Å². The second-order valence-electron chi connectivity index (χ2n) is 10.8. The van der Waals surface area contributed by atoms with Crippen LogP contribution in [0.4, 0.5) is 28.4 Å². The molecule has 0 radical (unpaired) electrons. The molecule has 0 aromatic heterocycles. The summed E-state index contributed by atoms with van der Waals surface area (Å²) in [6.45, 7) is 2.14. The van der Waals surface area contributed by atoms with E-state index < -0.39 is 0 Å². The molecule has 2 aliphatic carbocycles. The van der Waals surface area contributed by atoms with Crippen molar-refractivity contribution in [3.05, 3.63) is 175 Å². The molecule has 5 aromatic carbocycles. The van der Waals surface area contributed by atoms with Gasteiger partial charge in [-0.15, -0.1) is 0 Å². The molecule has 0 fully saturated rings. The zero-order valence-corrected chi connectivity index (χ0v) is 23.2. The lowest BCUT2D eigenvalue weighted by atomic mass is 9.86. The van der Waals surface area contributed by atoms with Gasteiger partial charge in [0.1, 0.15) is 0 Å². The predicted octanol–water partition coefficient (Wildman–Crippen LogP) is 10.7. The highest BCUT2D eigenvalue weighted by molar-refractivity contribution is 5.89. The fourth-order valence-electron chi connectivity index (χ4n) is 5.88. The molecule has 0 aliphatic heterocycles. The van der Waals surface area contributed by atoms with Crippen LogP contribution < -0.4 is 9.80 Å². The number of hydrogen-bond acceptors (Lipinski definition) is 2. The van der Waals surface area contributed by atoms with Crippen molar-refractivity contribution in [2.24, 2.45) is 5.92 Å². The van der Waals surface area contributed by atoms with E-state index >= 15 is 0 Å². The van der Waals surface area contributed by atoms with Gasteiger partial charge in [0.05, 0.1) is 0 Å². The number of para-hydroxylation sites is 1. The zero-order chi connectivity index (χ0) is 27.6. The van der Waals surface area contributed by atoms with Gasteiger partial charge in [-0.3, -0.25) is 0 Å². The minimum Gasteiger partial charge on any atom is -0.314 e. The summed E-state index contributed by atoms with van der Waals surface area (Å²) >= 11 is 0. The molecule has 41 heavy (non-hydrogen) atoms. The average molecular weight is 529 g/mol. The molecule has 2 heteroatoms. The molecule has 0 N–H and O–H groups in total. The molecule has 198 valence electrons. The first kappa shape index (κ1) is 24.9. The Morgan fingerprint density at radius 1 is 0.537 bits per heavy atom. The Kier molecular flexibility index (Phi) is 6.58. The Balaban J connectivity index is 1.30. The summed E-state index contributed by atoms with van der Waals surface area (Å²) in [5.41, 5.74) is 9.67. The maximum Gasteiger partial charge on any atom is 0.0468 e. The van der Waals surface area contributed by atoms with E-state index in [1.807, 2.05) is 0 Å². The summed E-state index contributed by atoms with van der Waals surface area (Å²) in [6, 6.07) is 43.7. The Bertz CT molecular complexity index is 1810. The van der Waals surface area contributed by atoms with E-state index in [1.54, 1.807) is 0 Å². The van der Waals surface area contributed by atoms with Crippen LogP contribution >= 0.6 is 0 Å². The second-order valence-corrected chi connectivity index (χ2v) is 10.8. The molecule has 2 nitrogen and oxygen atoms in total. The molecule has 0 heterocycles. The van der Waals surface area contributed by atoms with Gasteiger partial charge in [0, 0.05) is 40.1 Å². The number of aryl methyl sites for hydroxylation is 1. The van der Waals surface area contributed by atoms with Crippen LogP contribution in [0.25, 0.3) is 10.8 Å². The largest absolute Gasteiger partial charge is 0.314 e. The molecule has 1 atom stereocenters. The molecule has 5 aromatic rings. The number of allylic oxidation sites excluding steroid dienone is 8. The molecular weight excluding hydrogens is 496 g/mol. The summed E-state index contributed by atoms with van der Waals surface area (Å²) in [7, 11) is 0. The lowest BCUT2D eigenvalue weighted by molar-refractivity contribution is 0.732. The first-order valence-corrected chi connectivity index (χ1v) is 14.3. The van der Waals surface area contributed by atoms with E-state index in [1.165, 1.54) is 33.3 Å². The zero-order valence-electron chi connectivity index (χ0n) is 23.2. The molecule has 0 amide bonds. The van der Waals surface area contributed by atoms with Crippen molar-refractivity contribution in [2.45, 2.75) is 13.3 Å². The number of nitrogens with zero attached hydrogens (tertiary/aromatic N) is 2. The minimum absolute atomic E-state index is 0.411. The minimum atomic E-state index is 0.411. The Morgan fingerprint density at radius 2 is 1.15 bits per heavy atom. The third kappa shape index (κ3) is 5.01. The number of rotatable bonds is 6. The Labute approximate surface area is 242 Å². The van der Waals surface area contributed by atoms with Gasteiger partial charge in [0.2, 0.25) is 0 Å². The van der Waals surface area contributed by atoms with Crippen molar-refractivity contribution in [2.75, 3.05) is 9.80 Å². The van der Waals surface area contributed by atoms with Crippen LogP contribution in [0.15, 0.2) is 169 Å². The van der Waals surface area contributed by atoms with Crippen LogP contribution in [0.5, 0.6) is 0 Å². The van der Waals surface area contributed by atoms with Crippen molar-refractivity contribution in [1.29, 1.82) is 0 Å². The van der Waals surface area contributed by atoms with Crippen LogP contribution in [0.2, 0.25) is 0 Å². The fraction of sp³-hybridized carbons (Fsp3) is 0.0769. The van der Waals surface area contributed by atoms with Crippen LogP contribution in [-0.4, -0.2) is 0 Å². The van der Waals surface area contributed by atoms with Gasteiger partial charge in [-0.2, -0.15) is 0 Å². The van der Waals surface area contributed by atoms with Crippen molar-refractivity contribution in [3.63, 3.8) is 0 Å². The quantitative estimate of drug-likeness (QED) is 0.216. The summed E-state index contributed by atoms with van der Waals surface area (Å²) < 4.78 is 0. The highest BCUT2D eigenvalue weighted by Gasteiger charge is 2.23. The van der Waals surface area contributed by atoms with E-state index in [-0.39, 0.29) is 0 Å². The maximum absolute atomic E-state index is 2.41. The van der Waals surface area contributed by atoms with E-state index in [0.717, 1.165) is 29.2 Å². The molecule has 0 spiro atoms. The first-order chi connectivity index (χ1) is 20.2. The van der Waals surface area contributed by atoms with Gasteiger partial charge in [-0.1, -0.05) is 96.6 Å². The van der Waals surface area contributed by atoms with Crippen molar-refractivity contribution >= 4 is 39.2 Å². The van der Waals surface area contributed by atoms with Gasteiger partial charge >= 0.3 is 0 Å². The molecule has 0 saturated carbocycles. The predicted molar refractivity (Wildman–Crippen MR) is 175 cm³/mol. The lowest BCUT2D eigenvalue weighted by Crippen LogP contribution is -2.21. The molecular formula is C39H32N2. The highest BCUT2D eigenvalue weighted by atomic mass is 15.2. The highest BCUT2D eigenvalue weighted by Crippen LogP contribution is 2.41. The van der Waals surface area contributed by atoms with Crippen LogP contribution in [-0.2, 0) is 0 Å². The molecule has 0 bridgehead atoms. The summed E-state index contributed by atoms with van der Waals surface area (Å²) in [6.07, 6.45) is 14.4. The van der Waals surface area contributed by atoms with Crippen molar-refractivity contribution in [3.8, 4) is 0 Å². The van der Waals surface area contributed by atoms with E-state index in [2.05, 4.69) is 175 Å². The summed E-state index contributed by atoms with van der Waals surface area (Å²) in [4.78, 5) is 4.74. The van der Waals surface area contributed by atoms with Gasteiger partial charge in [0.25, 0.3) is 0 Å². The second kappa shape index (κ2) is 10.8. The summed E-state index contributed by atoms with van der Waals surface area (Å²) in [5, 5.41) is 2.48. The summed E-state index contributed by atoms with van der Waals surface area (Å²) in [5.74, 6) is 0.411. The van der Waals surface area contributed by atoms with E-state index in [4.69, 9.17) is 0 Å². The normalized spacial score (nSPS) is 15.7. The molecule has 7 rings (SSSR count). The van der Waals surface area contributed by atoms with Crippen LogP contribution in [0.1, 0.15) is 12.0 Å². The van der Waals surface area contributed by atoms with Crippen molar-refractivity contribution in [1.82, 2.24) is 0 Å². The molecule has 0 saturated heterocycles. The third-order valence-electron chi connectivity index (χ3n) is 8.02. The third-order valence-corrected chi connectivity index (χ3v) is 8.02. The van der Waals surface area contributed by atoms with Crippen LogP contribution in [0.3, 0.4) is 0 Å². The van der Waals surface area contributed by atoms with Gasteiger partial charge < -0.3 is 9.80 Å². The number of hydrogen-bond donors (Lipinski definition) is 0. The monoisotopic (exact) mass is 528 g/mol. The maximum atomic E-state index is 2.41. The van der Waals surface area contributed by atoms with Crippen molar-refractivity contribution < 1.29 is 0 Å². The Hall–Kier alpha value is -5.08. The topological polar surface area (TPSA) is 6.48 Å². The molecule has 1 unspecified atom stereocenters. The smallest absolute Gasteiger partial charge is 0.0468 e. The van der Waals surface area contributed by atoms with E-state index in [0.29, 0.717) is 5.92 Å². The average Bonchev–Trinajstić information content (AvgIpc) is 3.03. The lowest BCUT2D eigenvalue weighted by Gasteiger charge is -2.33. The number of fused-ring (bicyclic) bond motifs is 2. The van der Waals surface area contributed by atoms with Gasteiger partial charge in [-0.05, 0) is 96.4 Å². The molecule has 2 aliphatic rings. The number of anilines is 5. The SMILES string of the molecule is Cc1ccc(N(C2=CC=C3C=CC=CC3C2)c2ccc(N(c3ccccc3)c3ccc4ccccc4c3)cc2)cc1.